The van der Waals surface area contributed by atoms with E-state index in [0.29, 0.717) is 22.8 Å². The third kappa shape index (κ3) is 1.57. The molecular formula is C10H11NO3. The fraction of sp³-hybridized carbons (Fsp3) is 0.300. The standard InChI is InChI=1S/C10H11NO3/c1-12-8-5-4-7(6-11)9(13-2)10(8)14-3/h4-5H,1-3H3. The van der Waals surface area contributed by atoms with Gasteiger partial charge in [-0.1, -0.05) is 0 Å². The second-order valence-corrected chi connectivity index (χ2v) is 2.49. The summed E-state index contributed by atoms with van der Waals surface area (Å²) in [5.41, 5.74) is 0.421. The van der Waals surface area contributed by atoms with E-state index >= 15 is 0 Å². The number of benzene rings is 1. The van der Waals surface area contributed by atoms with Gasteiger partial charge in [-0.2, -0.15) is 5.26 Å². The molecule has 1 aromatic carbocycles. The predicted octanol–water partition coefficient (Wildman–Crippen LogP) is 1.58. The summed E-state index contributed by atoms with van der Waals surface area (Å²) in [7, 11) is 4.52. The van der Waals surface area contributed by atoms with Crippen LogP contribution in [0.4, 0.5) is 0 Å². The van der Waals surface area contributed by atoms with Gasteiger partial charge < -0.3 is 14.2 Å². The van der Waals surface area contributed by atoms with Gasteiger partial charge in [-0.05, 0) is 12.1 Å². The first-order valence-corrected chi connectivity index (χ1v) is 3.97. The van der Waals surface area contributed by atoms with E-state index in [1.807, 2.05) is 6.07 Å². The van der Waals surface area contributed by atoms with Crippen molar-refractivity contribution < 1.29 is 14.2 Å². The molecule has 1 aromatic rings. The van der Waals surface area contributed by atoms with Gasteiger partial charge in [0.1, 0.15) is 6.07 Å². The van der Waals surface area contributed by atoms with Crippen molar-refractivity contribution in [3.63, 3.8) is 0 Å². The van der Waals surface area contributed by atoms with Crippen molar-refractivity contribution in [2.45, 2.75) is 0 Å². The largest absolute Gasteiger partial charge is 0.493 e. The van der Waals surface area contributed by atoms with Gasteiger partial charge in [0.15, 0.2) is 11.5 Å². The van der Waals surface area contributed by atoms with E-state index in [1.165, 1.54) is 21.3 Å². The Kier molecular flexibility index (Phi) is 3.19. The molecule has 0 radical (unpaired) electrons. The van der Waals surface area contributed by atoms with Crippen molar-refractivity contribution in [2.75, 3.05) is 21.3 Å². The zero-order valence-electron chi connectivity index (χ0n) is 8.33. The average Bonchev–Trinajstić information content (AvgIpc) is 2.26. The first-order valence-electron chi connectivity index (χ1n) is 3.97. The average molecular weight is 193 g/mol. The molecule has 0 saturated carbocycles. The van der Waals surface area contributed by atoms with Crippen LogP contribution in [0.15, 0.2) is 12.1 Å². The molecule has 1 rings (SSSR count). The van der Waals surface area contributed by atoms with E-state index in [1.54, 1.807) is 12.1 Å². The molecule has 0 amide bonds. The second-order valence-electron chi connectivity index (χ2n) is 2.49. The van der Waals surface area contributed by atoms with Crippen molar-refractivity contribution >= 4 is 0 Å². The van der Waals surface area contributed by atoms with Crippen LogP contribution in [0.3, 0.4) is 0 Å². The highest BCUT2D eigenvalue weighted by Crippen LogP contribution is 2.39. The Morgan fingerprint density at radius 2 is 1.64 bits per heavy atom. The Morgan fingerprint density at radius 3 is 2.07 bits per heavy atom. The number of methoxy groups -OCH3 is 3. The van der Waals surface area contributed by atoms with Crippen molar-refractivity contribution in [2.24, 2.45) is 0 Å². The van der Waals surface area contributed by atoms with Crippen LogP contribution in [-0.4, -0.2) is 21.3 Å². The zero-order chi connectivity index (χ0) is 10.6. The lowest BCUT2D eigenvalue weighted by Crippen LogP contribution is -1.96. The van der Waals surface area contributed by atoms with Crippen LogP contribution in [-0.2, 0) is 0 Å². The summed E-state index contributed by atoms with van der Waals surface area (Å²) in [4.78, 5) is 0. The first kappa shape index (κ1) is 10.2. The highest BCUT2D eigenvalue weighted by molar-refractivity contribution is 5.59. The number of rotatable bonds is 3. The summed E-state index contributed by atoms with van der Waals surface area (Å²) >= 11 is 0. The maximum absolute atomic E-state index is 8.81. The minimum Gasteiger partial charge on any atom is -0.493 e. The molecule has 0 heterocycles. The van der Waals surface area contributed by atoms with Gasteiger partial charge in [0, 0.05) is 0 Å². The molecule has 0 spiro atoms. The summed E-state index contributed by atoms with van der Waals surface area (Å²) in [6.45, 7) is 0. The third-order valence-corrected chi connectivity index (χ3v) is 1.82. The summed E-state index contributed by atoms with van der Waals surface area (Å²) in [6, 6.07) is 5.30. The highest BCUT2D eigenvalue weighted by Gasteiger charge is 2.14. The third-order valence-electron chi connectivity index (χ3n) is 1.82. The van der Waals surface area contributed by atoms with Crippen LogP contribution in [0.1, 0.15) is 5.56 Å². The Balaban J connectivity index is 3.38. The molecule has 0 unspecified atom stereocenters. The van der Waals surface area contributed by atoms with Gasteiger partial charge >= 0.3 is 0 Å². The summed E-state index contributed by atoms with van der Waals surface area (Å²) < 4.78 is 15.2. The fourth-order valence-electron chi connectivity index (χ4n) is 1.19. The summed E-state index contributed by atoms with van der Waals surface area (Å²) in [5, 5.41) is 8.81. The molecule has 0 fully saturated rings. The van der Waals surface area contributed by atoms with E-state index in [9.17, 15) is 0 Å². The molecule has 0 saturated heterocycles. The maximum Gasteiger partial charge on any atom is 0.204 e. The van der Waals surface area contributed by atoms with Gasteiger partial charge in [0.25, 0.3) is 0 Å². The van der Waals surface area contributed by atoms with E-state index in [0.717, 1.165) is 0 Å². The summed E-state index contributed by atoms with van der Waals surface area (Å²) in [5.74, 6) is 1.38. The number of hydrogen-bond donors (Lipinski definition) is 0. The fourth-order valence-corrected chi connectivity index (χ4v) is 1.19. The molecule has 0 aliphatic carbocycles. The van der Waals surface area contributed by atoms with Crippen molar-refractivity contribution in [1.82, 2.24) is 0 Å². The van der Waals surface area contributed by atoms with E-state index in [4.69, 9.17) is 19.5 Å². The summed E-state index contributed by atoms with van der Waals surface area (Å²) in [6.07, 6.45) is 0. The van der Waals surface area contributed by atoms with Crippen LogP contribution in [0, 0.1) is 11.3 Å². The lowest BCUT2D eigenvalue weighted by Gasteiger charge is -2.12. The van der Waals surface area contributed by atoms with Crippen LogP contribution in [0.2, 0.25) is 0 Å². The first-order chi connectivity index (χ1) is 6.78. The van der Waals surface area contributed by atoms with Crippen molar-refractivity contribution in [1.29, 1.82) is 5.26 Å². The molecular weight excluding hydrogens is 182 g/mol. The molecule has 74 valence electrons. The van der Waals surface area contributed by atoms with Gasteiger partial charge in [0.2, 0.25) is 5.75 Å². The smallest absolute Gasteiger partial charge is 0.204 e. The van der Waals surface area contributed by atoms with Gasteiger partial charge in [-0.25, -0.2) is 0 Å². The van der Waals surface area contributed by atoms with Gasteiger partial charge in [0.05, 0.1) is 26.9 Å². The number of hydrogen-bond acceptors (Lipinski definition) is 4. The van der Waals surface area contributed by atoms with Crippen molar-refractivity contribution in [3.8, 4) is 23.3 Å². The maximum atomic E-state index is 8.81. The van der Waals surface area contributed by atoms with Gasteiger partial charge in [-0.15, -0.1) is 0 Å². The minimum atomic E-state index is 0.398. The molecule has 0 atom stereocenters. The lowest BCUT2D eigenvalue weighted by atomic mass is 10.2. The number of ether oxygens (including phenoxy) is 3. The van der Waals surface area contributed by atoms with Crippen LogP contribution in [0.25, 0.3) is 0 Å². The normalized spacial score (nSPS) is 9.00. The van der Waals surface area contributed by atoms with Gasteiger partial charge in [-0.3, -0.25) is 0 Å². The Morgan fingerprint density at radius 1 is 1.00 bits per heavy atom. The zero-order valence-corrected chi connectivity index (χ0v) is 8.33. The second kappa shape index (κ2) is 4.38. The monoisotopic (exact) mass is 193 g/mol. The molecule has 0 aliphatic heterocycles. The number of nitrogens with zero attached hydrogens (tertiary/aromatic N) is 1. The molecule has 4 nitrogen and oxygen atoms in total. The quantitative estimate of drug-likeness (QED) is 0.731. The van der Waals surface area contributed by atoms with E-state index in [-0.39, 0.29) is 0 Å². The SMILES string of the molecule is COc1ccc(C#N)c(OC)c1OC. The molecule has 0 N–H and O–H groups in total. The molecule has 4 heteroatoms. The highest BCUT2D eigenvalue weighted by atomic mass is 16.5. The van der Waals surface area contributed by atoms with Crippen LogP contribution >= 0.6 is 0 Å². The molecule has 0 bridgehead atoms. The predicted molar refractivity (Wildman–Crippen MR) is 50.8 cm³/mol. The van der Waals surface area contributed by atoms with Crippen LogP contribution < -0.4 is 14.2 Å². The number of nitriles is 1. The Labute approximate surface area is 82.6 Å². The lowest BCUT2D eigenvalue weighted by molar-refractivity contribution is 0.324. The molecule has 14 heavy (non-hydrogen) atoms. The Hall–Kier alpha value is -1.89. The van der Waals surface area contributed by atoms with E-state index < -0.39 is 0 Å². The topological polar surface area (TPSA) is 51.5 Å². The van der Waals surface area contributed by atoms with Crippen LogP contribution in [0.5, 0.6) is 17.2 Å². The van der Waals surface area contributed by atoms with E-state index in [2.05, 4.69) is 0 Å². The molecule has 0 aliphatic rings. The minimum absolute atomic E-state index is 0.398. The molecule has 0 aromatic heterocycles. The Bertz CT molecular complexity index is 368. The van der Waals surface area contributed by atoms with Crippen molar-refractivity contribution in [3.05, 3.63) is 17.7 Å².